The molecule has 1 aromatic rings. The van der Waals surface area contributed by atoms with E-state index < -0.39 is 57.8 Å². The Kier molecular flexibility index (Phi) is 10.9. The molecule has 42 heavy (non-hydrogen) atoms. The molecule has 0 saturated heterocycles. The Morgan fingerprint density at radius 3 is 1.71 bits per heavy atom. The highest BCUT2D eigenvalue weighted by atomic mass is 16.3. The summed E-state index contributed by atoms with van der Waals surface area (Å²) < 4.78 is 0. The quantitative estimate of drug-likeness (QED) is 0.264. The molecular formula is C31H49N5O6. The van der Waals surface area contributed by atoms with Crippen LogP contribution >= 0.6 is 0 Å². The molecule has 1 aromatic carbocycles. The van der Waals surface area contributed by atoms with Crippen molar-refractivity contribution in [3.05, 3.63) is 35.9 Å². The van der Waals surface area contributed by atoms with Gasteiger partial charge in [-0.1, -0.05) is 43.2 Å². The van der Waals surface area contributed by atoms with E-state index in [2.05, 4.69) is 21.3 Å². The highest BCUT2D eigenvalue weighted by Crippen LogP contribution is 2.26. The van der Waals surface area contributed by atoms with Gasteiger partial charge in [0, 0.05) is 20.5 Å². The number of hydrogen-bond acceptors (Lipinski definition) is 6. The first-order valence-electron chi connectivity index (χ1n) is 14.5. The van der Waals surface area contributed by atoms with Crippen LogP contribution in [0.2, 0.25) is 0 Å². The van der Waals surface area contributed by atoms with Crippen molar-refractivity contribution in [3.8, 4) is 0 Å². The smallest absolute Gasteiger partial charge is 0.247 e. The molecule has 0 heterocycles. The summed E-state index contributed by atoms with van der Waals surface area (Å²) in [6, 6.07) is 9.20. The van der Waals surface area contributed by atoms with Crippen molar-refractivity contribution in [2.75, 3.05) is 14.1 Å². The van der Waals surface area contributed by atoms with Gasteiger partial charge in [-0.2, -0.15) is 0 Å². The molecule has 1 aliphatic carbocycles. The lowest BCUT2D eigenvalue weighted by atomic mass is 9.84. The highest BCUT2D eigenvalue weighted by molar-refractivity contribution is 6.00. The minimum Gasteiger partial charge on any atom is -0.392 e. The first-order chi connectivity index (χ1) is 19.2. The monoisotopic (exact) mass is 587 g/mol. The molecule has 0 aromatic heterocycles. The van der Waals surface area contributed by atoms with E-state index in [0.717, 1.165) is 18.4 Å². The molecule has 234 valence electrons. The van der Waals surface area contributed by atoms with Gasteiger partial charge in [0.2, 0.25) is 29.5 Å². The zero-order valence-corrected chi connectivity index (χ0v) is 26.5. The van der Waals surface area contributed by atoms with Crippen LogP contribution in [0.15, 0.2) is 30.3 Å². The van der Waals surface area contributed by atoms with Crippen molar-refractivity contribution < 1.29 is 29.1 Å². The largest absolute Gasteiger partial charge is 0.392 e. The van der Waals surface area contributed by atoms with E-state index >= 15 is 0 Å². The van der Waals surface area contributed by atoms with Gasteiger partial charge in [-0.3, -0.25) is 24.0 Å². The van der Waals surface area contributed by atoms with Crippen LogP contribution in [0.1, 0.15) is 79.7 Å². The number of rotatable bonds is 11. The molecule has 0 radical (unpaired) electrons. The van der Waals surface area contributed by atoms with Gasteiger partial charge in [0.15, 0.2) is 0 Å². The van der Waals surface area contributed by atoms with Crippen LogP contribution in [-0.2, 0) is 30.4 Å². The Bertz CT molecular complexity index is 1160. The highest BCUT2D eigenvalue weighted by Gasteiger charge is 2.44. The van der Waals surface area contributed by atoms with Crippen molar-refractivity contribution in [1.82, 2.24) is 26.2 Å². The molecule has 1 aliphatic rings. The summed E-state index contributed by atoms with van der Waals surface area (Å²) in [4.78, 5) is 67.5. The molecule has 0 unspecified atom stereocenters. The molecule has 0 bridgehead atoms. The number of carbonyl (C=O) groups is 5. The number of benzene rings is 1. The van der Waals surface area contributed by atoms with E-state index in [1.165, 1.54) is 32.6 Å². The number of aliphatic hydroxyl groups is 1. The summed E-state index contributed by atoms with van der Waals surface area (Å²) in [5.74, 6) is -3.16. The van der Waals surface area contributed by atoms with E-state index in [4.69, 9.17) is 0 Å². The Balaban J connectivity index is 2.23. The Labute approximate surface area is 249 Å². The van der Waals surface area contributed by atoms with Gasteiger partial charge in [-0.25, -0.2) is 0 Å². The van der Waals surface area contributed by atoms with Gasteiger partial charge >= 0.3 is 0 Å². The van der Waals surface area contributed by atoms with E-state index in [-0.39, 0.29) is 12.3 Å². The Hall–Kier alpha value is -3.47. The van der Waals surface area contributed by atoms with E-state index in [9.17, 15) is 29.1 Å². The van der Waals surface area contributed by atoms with E-state index in [0.29, 0.717) is 12.8 Å². The average Bonchev–Trinajstić information content (AvgIpc) is 2.88. The van der Waals surface area contributed by atoms with Crippen molar-refractivity contribution in [3.63, 3.8) is 0 Å². The number of likely N-dealkylation sites (N-methyl/N-ethyl adjacent to an activating group) is 1. The summed E-state index contributed by atoms with van der Waals surface area (Å²) in [5, 5.41) is 21.4. The van der Waals surface area contributed by atoms with Crippen LogP contribution in [0.5, 0.6) is 0 Å². The third-order valence-corrected chi connectivity index (χ3v) is 7.72. The van der Waals surface area contributed by atoms with E-state index in [1.807, 2.05) is 30.3 Å². The lowest BCUT2D eigenvalue weighted by Gasteiger charge is -2.38. The summed E-state index contributed by atoms with van der Waals surface area (Å²) >= 11 is 0. The standard InChI is InChI=1S/C31H49N5O6/c1-28(2,25(40)34-30(5,6)27(42)36(8)9)33-24(39)29(3,4)35-26(41)31(7,19-20-15-11-10-12-16-20)32-23(38)21-17-13-14-18-22(21)37/h10-12,15-16,21-22,37H,13-14,17-19H2,1-9H3,(H,32,38)(H,33,39)(H,34,40)(H,35,41)/t21-,22-,31-/m1/s1. The summed E-state index contributed by atoms with van der Waals surface area (Å²) in [5.41, 5.74) is -4.78. The normalized spacial score (nSPS) is 19.1. The van der Waals surface area contributed by atoms with Gasteiger partial charge in [0.25, 0.3) is 0 Å². The molecule has 5 amide bonds. The maximum atomic E-state index is 13.8. The molecule has 1 fully saturated rings. The summed E-state index contributed by atoms with van der Waals surface area (Å²) in [6.45, 7) is 10.8. The van der Waals surface area contributed by atoms with Crippen LogP contribution in [0.4, 0.5) is 0 Å². The zero-order valence-electron chi connectivity index (χ0n) is 26.5. The van der Waals surface area contributed by atoms with Gasteiger partial charge in [0.05, 0.1) is 12.0 Å². The molecule has 5 N–H and O–H groups in total. The molecule has 3 atom stereocenters. The maximum Gasteiger partial charge on any atom is 0.247 e. The maximum absolute atomic E-state index is 13.8. The van der Waals surface area contributed by atoms with Crippen LogP contribution in [0.25, 0.3) is 0 Å². The number of hydrogen-bond donors (Lipinski definition) is 5. The van der Waals surface area contributed by atoms with Crippen molar-refractivity contribution in [1.29, 1.82) is 0 Å². The van der Waals surface area contributed by atoms with Crippen LogP contribution in [0, 0.1) is 5.92 Å². The fraction of sp³-hybridized carbons (Fsp3) is 0.645. The molecule has 0 aliphatic heterocycles. The number of amides is 5. The molecule has 1 saturated carbocycles. The topological polar surface area (TPSA) is 157 Å². The molecule has 11 nitrogen and oxygen atoms in total. The van der Waals surface area contributed by atoms with E-state index in [1.54, 1.807) is 34.9 Å². The van der Waals surface area contributed by atoms with Crippen LogP contribution in [-0.4, -0.2) is 81.9 Å². The number of carbonyl (C=O) groups excluding carboxylic acids is 5. The predicted molar refractivity (Wildman–Crippen MR) is 160 cm³/mol. The predicted octanol–water partition coefficient (Wildman–Crippen LogP) is 1.43. The SMILES string of the molecule is CN(C)C(=O)C(C)(C)NC(=O)C(C)(C)NC(=O)C(C)(C)NC(=O)[C@@](C)(Cc1ccccc1)NC(=O)[C@@H]1CCCC[C@H]1O. The summed E-state index contributed by atoms with van der Waals surface area (Å²) in [7, 11) is 3.17. The van der Waals surface area contributed by atoms with Gasteiger partial charge < -0.3 is 31.3 Å². The molecular weight excluding hydrogens is 538 g/mol. The Morgan fingerprint density at radius 1 is 0.738 bits per heavy atom. The summed E-state index contributed by atoms with van der Waals surface area (Å²) in [6.07, 6.45) is 2.07. The second-order valence-corrected chi connectivity index (χ2v) is 13.4. The molecule has 2 rings (SSSR count). The van der Waals surface area contributed by atoms with Crippen molar-refractivity contribution >= 4 is 29.5 Å². The molecule has 0 spiro atoms. The number of nitrogens with one attached hydrogen (secondary N) is 4. The fourth-order valence-corrected chi connectivity index (χ4v) is 5.00. The lowest BCUT2D eigenvalue weighted by Crippen LogP contribution is -2.68. The van der Waals surface area contributed by atoms with Crippen LogP contribution in [0.3, 0.4) is 0 Å². The minimum atomic E-state index is -1.49. The number of aliphatic hydroxyl groups excluding tert-OH is 1. The van der Waals surface area contributed by atoms with Gasteiger partial charge in [-0.05, 0) is 66.9 Å². The third kappa shape index (κ3) is 8.77. The fourth-order valence-electron chi connectivity index (χ4n) is 5.00. The Morgan fingerprint density at radius 2 is 1.21 bits per heavy atom. The van der Waals surface area contributed by atoms with Crippen molar-refractivity contribution in [2.24, 2.45) is 5.92 Å². The molecule has 11 heteroatoms. The average molecular weight is 588 g/mol. The number of nitrogens with zero attached hydrogens (tertiary/aromatic N) is 1. The zero-order chi connectivity index (χ0) is 32.1. The van der Waals surface area contributed by atoms with Gasteiger partial charge in [-0.15, -0.1) is 0 Å². The second-order valence-electron chi connectivity index (χ2n) is 13.4. The first-order valence-corrected chi connectivity index (χ1v) is 14.5. The van der Waals surface area contributed by atoms with Gasteiger partial charge in [0.1, 0.15) is 22.2 Å². The second kappa shape index (κ2) is 13.2. The van der Waals surface area contributed by atoms with Crippen LogP contribution < -0.4 is 21.3 Å². The lowest BCUT2D eigenvalue weighted by molar-refractivity contribution is -0.143. The van der Waals surface area contributed by atoms with Crippen molar-refractivity contribution in [2.45, 2.75) is 109 Å². The minimum absolute atomic E-state index is 0.148. The first kappa shape index (κ1) is 34.7. The third-order valence-electron chi connectivity index (χ3n) is 7.72.